The van der Waals surface area contributed by atoms with E-state index in [1.54, 1.807) is 42.5 Å². The summed E-state index contributed by atoms with van der Waals surface area (Å²) in [6.45, 7) is 4.61. The third-order valence-corrected chi connectivity index (χ3v) is 3.78. The van der Waals surface area contributed by atoms with Crippen LogP contribution in [-0.2, 0) is 4.74 Å². The first kappa shape index (κ1) is 18.5. The Morgan fingerprint density at radius 2 is 1.72 bits per heavy atom. The van der Waals surface area contributed by atoms with Gasteiger partial charge in [-0.2, -0.15) is 0 Å². The van der Waals surface area contributed by atoms with Gasteiger partial charge in [-0.3, -0.25) is 4.79 Å². The van der Waals surface area contributed by atoms with Gasteiger partial charge in [-0.1, -0.05) is 13.3 Å². The molecule has 0 aliphatic rings. The van der Waals surface area contributed by atoms with E-state index in [-0.39, 0.29) is 5.91 Å². The molecule has 1 amide bonds. The Balaban J connectivity index is 2.03. The fraction of sp³-hybridized carbons (Fsp3) is 0.300. The highest BCUT2D eigenvalue weighted by atomic mass is 16.5. The molecule has 25 heavy (non-hydrogen) atoms. The Kier molecular flexibility index (Phi) is 6.57. The molecule has 0 aromatic heterocycles. The van der Waals surface area contributed by atoms with Gasteiger partial charge in [0.2, 0.25) is 0 Å². The lowest BCUT2D eigenvalue weighted by Gasteiger charge is -2.10. The van der Waals surface area contributed by atoms with Crippen LogP contribution in [0.2, 0.25) is 0 Å². The lowest BCUT2D eigenvalue weighted by molar-refractivity contribution is 0.0600. The number of esters is 1. The predicted octanol–water partition coefficient (Wildman–Crippen LogP) is 4.21. The minimum Gasteiger partial charge on any atom is -0.494 e. The lowest BCUT2D eigenvalue weighted by atomic mass is 10.1. The van der Waals surface area contributed by atoms with Crippen LogP contribution in [0, 0.1) is 6.92 Å². The van der Waals surface area contributed by atoms with Gasteiger partial charge in [-0.15, -0.1) is 0 Å². The molecule has 0 radical (unpaired) electrons. The Bertz CT molecular complexity index is 738. The van der Waals surface area contributed by atoms with Gasteiger partial charge in [0.15, 0.2) is 0 Å². The number of unbranched alkanes of at least 4 members (excludes halogenated alkanes) is 1. The quantitative estimate of drug-likeness (QED) is 0.605. The summed E-state index contributed by atoms with van der Waals surface area (Å²) in [7, 11) is 1.34. The summed E-state index contributed by atoms with van der Waals surface area (Å²) in [6, 6.07) is 12.0. The first-order valence-electron chi connectivity index (χ1n) is 8.28. The van der Waals surface area contributed by atoms with E-state index in [4.69, 9.17) is 4.74 Å². The van der Waals surface area contributed by atoms with Crippen molar-refractivity contribution >= 4 is 17.6 Å². The highest BCUT2D eigenvalue weighted by Gasteiger charge is 2.11. The number of carbonyl (C=O) groups excluding carboxylic acids is 2. The number of hydrogen-bond donors (Lipinski definition) is 1. The van der Waals surface area contributed by atoms with E-state index < -0.39 is 5.97 Å². The zero-order valence-corrected chi connectivity index (χ0v) is 14.8. The minimum absolute atomic E-state index is 0.214. The summed E-state index contributed by atoms with van der Waals surface area (Å²) in [5.41, 5.74) is 2.43. The molecule has 2 rings (SSSR count). The standard InChI is InChI=1S/C20H23NO4/c1-4-5-12-25-17-9-6-15(7-10-17)19(22)21-18-11-8-16(13-14(18)2)20(23)24-3/h6-11,13H,4-5,12H2,1-3H3,(H,21,22). The summed E-state index contributed by atoms with van der Waals surface area (Å²) >= 11 is 0. The highest BCUT2D eigenvalue weighted by molar-refractivity contribution is 6.05. The predicted molar refractivity (Wildman–Crippen MR) is 97.3 cm³/mol. The highest BCUT2D eigenvalue weighted by Crippen LogP contribution is 2.19. The van der Waals surface area contributed by atoms with Crippen molar-refractivity contribution in [2.75, 3.05) is 19.0 Å². The first-order chi connectivity index (χ1) is 12.0. The number of amides is 1. The third-order valence-electron chi connectivity index (χ3n) is 3.78. The number of nitrogens with one attached hydrogen (secondary N) is 1. The van der Waals surface area contributed by atoms with Crippen molar-refractivity contribution in [1.82, 2.24) is 0 Å². The molecule has 0 aliphatic heterocycles. The molecule has 0 atom stereocenters. The van der Waals surface area contributed by atoms with E-state index in [9.17, 15) is 9.59 Å². The van der Waals surface area contributed by atoms with E-state index in [0.29, 0.717) is 23.4 Å². The molecule has 1 N–H and O–H groups in total. The van der Waals surface area contributed by atoms with E-state index in [1.165, 1.54) is 7.11 Å². The molecular formula is C20H23NO4. The lowest BCUT2D eigenvalue weighted by Crippen LogP contribution is -2.13. The van der Waals surface area contributed by atoms with Gasteiger partial charge in [-0.05, 0) is 61.4 Å². The zero-order chi connectivity index (χ0) is 18.2. The van der Waals surface area contributed by atoms with Crippen LogP contribution >= 0.6 is 0 Å². The van der Waals surface area contributed by atoms with Crippen LogP contribution in [0.25, 0.3) is 0 Å². The Morgan fingerprint density at radius 1 is 1.04 bits per heavy atom. The molecule has 0 unspecified atom stereocenters. The van der Waals surface area contributed by atoms with Crippen LogP contribution in [-0.4, -0.2) is 25.6 Å². The SMILES string of the molecule is CCCCOc1ccc(C(=O)Nc2ccc(C(=O)OC)cc2C)cc1. The molecule has 132 valence electrons. The maximum atomic E-state index is 12.4. The van der Waals surface area contributed by atoms with Gasteiger partial charge in [0, 0.05) is 11.3 Å². The number of rotatable bonds is 7. The minimum atomic E-state index is -0.403. The van der Waals surface area contributed by atoms with Crippen LogP contribution < -0.4 is 10.1 Å². The van der Waals surface area contributed by atoms with Gasteiger partial charge < -0.3 is 14.8 Å². The number of hydrogen-bond acceptors (Lipinski definition) is 4. The van der Waals surface area contributed by atoms with E-state index in [2.05, 4.69) is 17.0 Å². The molecule has 0 heterocycles. The van der Waals surface area contributed by atoms with Gasteiger partial charge in [0.1, 0.15) is 5.75 Å². The van der Waals surface area contributed by atoms with Gasteiger partial charge in [-0.25, -0.2) is 4.79 Å². The van der Waals surface area contributed by atoms with Crippen molar-refractivity contribution in [2.45, 2.75) is 26.7 Å². The molecule has 0 saturated carbocycles. The second-order valence-electron chi connectivity index (χ2n) is 5.70. The largest absolute Gasteiger partial charge is 0.494 e. The zero-order valence-electron chi connectivity index (χ0n) is 14.8. The fourth-order valence-corrected chi connectivity index (χ4v) is 2.28. The summed E-state index contributed by atoms with van der Waals surface area (Å²) in [5, 5.41) is 2.85. The van der Waals surface area contributed by atoms with Crippen LogP contribution in [0.3, 0.4) is 0 Å². The molecule has 5 heteroatoms. The van der Waals surface area contributed by atoms with Gasteiger partial charge in [0.25, 0.3) is 5.91 Å². The second-order valence-corrected chi connectivity index (χ2v) is 5.70. The van der Waals surface area contributed by atoms with Crippen LogP contribution in [0.4, 0.5) is 5.69 Å². The molecule has 0 saturated heterocycles. The van der Waals surface area contributed by atoms with E-state index in [0.717, 1.165) is 24.2 Å². The fourth-order valence-electron chi connectivity index (χ4n) is 2.28. The molecule has 2 aromatic carbocycles. The summed E-state index contributed by atoms with van der Waals surface area (Å²) < 4.78 is 10.3. The molecule has 0 aliphatic carbocycles. The van der Waals surface area contributed by atoms with Crippen molar-refractivity contribution in [3.8, 4) is 5.75 Å². The smallest absolute Gasteiger partial charge is 0.337 e. The Hall–Kier alpha value is -2.82. The Morgan fingerprint density at radius 3 is 2.32 bits per heavy atom. The van der Waals surface area contributed by atoms with Crippen molar-refractivity contribution < 1.29 is 19.1 Å². The molecular weight excluding hydrogens is 318 g/mol. The van der Waals surface area contributed by atoms with Crippen LogP contribution in [0.15, 0.2) is 42.5 Å². The van der Waals surface area contributed by atoms with Crippen molar-refractivity contribution in [3.63, 3.8) is 0 Å². The van der Waals surface area contributed by atoms with Gasteiger partial charge in [0.05, 0.1) is 19.3 Å². The summed E-state index contributed by atoms with van der Waals surface area (Å²) in [4.78, 5) is 23.9. The van der Waals surface area contributed by atoms with Crippen molar-refractivity contribution in [2.24, 2.45) is 0 Å². The summed E-state index contributed by atoms with van der Waals surface area (Å²) in [6.07, 6.45) is 2.08. The van der Waals surface area contributed by atoms with Crippen molar-refractivity contribution in [1.29, 1.82) is 0 Å². The first-order valence-corrected chi connectivity index (χ1v) is 8.28. The number of carbonyl (C=O) groups is 2. The van der Waals surface area contributed by atoms with Gasteiger partial charge >= 0.3 is 5.97 Å². The van der Waals surface area contributed by atoms with Crippen LogP contribution in [0.1, 0.15) is 46.0 Å². The number of methoxy groups -OCH3 is 1. The van der Waals surface area contributed by atoms with Crippen molar-refractivity contribution in [3.05, 3.63) is 59.2 Å². The molecule has 2 aromatic rings. The second kappa shape index (κ2) is 8.87. The average molecular weight is 341 g/mol. The molecule has 0 spiro atoms. The number of benzene rings is 2. The molecule has 0 fully saturated rings. The monoisotopic (exact) mass is 341 g/mol. The number of aryl methyl sites for hydroxylation is 1. The number of ether oxygens (including phenoxy) is 2. The van der Waals surface area contributed by atoms with Crippen LogP contribution in [0.5, 0.6) is 5.75 Å². The Labute approximate surface area is 148 Å². The maximum Gasteiger partial charge on any atom is 0.337 e. The summed E-state index contributed by atoms with van der Waals surface area (Å²) in [5.74, 6) is 0.136. The normalized spacial score (nSPS) is 10.2. The van der Waals surface area contributed by atoms with E-state index in [1.807, 2.05) is 6.92 Å². The third kappa shape index (κ3) is 5.08. The maximum absolute atomic E-state index is 12.4. The molecule has 0 bridgehead atoms. The number of anilines is 1. The average Bonchev–Trinajstić information content (AvgIpc) is 2.63. The van der Waals surface area contributed by atoms with E-state index >= 15 is 0 Å². The topological polar surface area (TPSA) is 64.6 Å². The molecule has 5 nitrogen and oxygen atoms in total.